The summed E-state index contributed by atoms with van der Waals surface area (Å²) in [5, 5.41) is 2.06. The Balaban J connectivity index is 2.08. The van der Waals surface area contributed by atoms with Gasteiger partial charge in [-0.3, -0.25) is 28.9 Å². The van der Waals surface area contributed by atoms with Gasteiger partial charge < -0.3 is 10.1 Å². The summed E-state index contributed by atoms with van der Waals surface area (Å²) >= 11 is 0. The summed E-state index contributed by atoms with van der Waals surface area (Å²) in [6, 6.07) is 1.78. The molecule has 0 radical (unpaired) electrons. The molecular formula is C18H14F9N3O6. The van der Waals surface area contributed by atoms with Crippen molar-refractivity contribution in [3.63, 3.8) is 0 Å². The second-order valence-corrected chi connectivity index (χ2v) is 7.06. The van der Waals surface area contributed by atoms with E-state index in [1.807, 2.05) is 0 Å². The van der Waals surface area contributed by atoms with Gasteiger partial charge in [0.2, 0.25) is 5.91 Å². The number of alkyl halides is 9. The van der Waals surface area contributed by atoms with E-state index >= 15 is 0 Å². The second-order valence-electron chi connectivity index (χ2n) is 7.06. The maximum atomic E-state index is 13.7. The molecule has 2 rings (SSSR count). The number of anilines is 1. The molecule has 5 amide bonds. The van der Waals surface area contributed by atoms with Gasteiger partial charge in [-0.2, -0.15) is 26.3 Å². The number of carbonyl (C=O) groups is 4. The molecule has 36 heavy (non-hydrogen) atoms. The number of rotatable bonds is 9. The quantitative estimate of drug-likeness (QED) is 0.382. The van der Waals surface area contributed by atoms with Crippen LogP contribution in [0, 0.1) is 5.92 Å². The topological polar surface area (TPSA) is 105 Å². The molecule has 0 spiro atoms. The van der Waals surface area contributed by atoms with Gasteiger partial charge in [-0.25, -0.2) is 18.0 Å². The minimum Gasteiger partial charge on any atom is -0.429 e. The number of hydrogen-bond acceptors (Lipinski definition) is 6. The van der Waals surface area contributed by atoms with E-state index in [9.17, 15) is 58.7 Å². The number of carbonyl (C=O) groups excluding carboxylic acids is 4. The van der Waals surface area contributed by atoms with Crippen LogP contribution in [0.25, 0.3) is 0 Å². The number of barbiturate groups is 1. The Morgan fingerprint density at radius 3 is 1.83 bits per heavy atom. The number of hydrogen-bond donors (Lipinski definition) is 1. The first-order valence-electron chi connectivity index (χ1n) is 9.26. The van der Waals surface area contributed by atoms with E-state index in [1.165, 1.54) is 0 Å². The van der Waals surface area contributed by atoms with Crippen molar-refractivity contribution in [2.24, 2.45) is 5.92 Å². The molecular weight excluding hydrogens is 525 g/mol. The van der Waals surface area contributed by atoms with E-state index in [-0.39, 0.29) is 5.69 Å². The van der Waals surface area contributed by atoms with Crippen molar-refractivity contribution in [3.8, 4) is 5.75 Å². The maximum Gasteiger partial charge on any atom is 0.456 e. The molecule has 1 N–H and O–H groups in total. The van der Waals surface area contributed by atoms with E-state index in [1.54, 1.807) is 0 Å². The molecule has 18 heteroatoms. The minimum absolute atomic E-state index is 0.255. The highest BCUT2D eigenvalue weighted by atomic mass is 19.3. The normalized spacial score (nSPS) is 17.1. The van der Waals surface area contributed by atoms with Crippen molar-refractivity contribution in [2.45, 2.75) is 30.9 Å². The van der Waals surface area contributed by atoms with E-state index in [0.29, 0.717) is 21.9 Å². The van der Waals surface area contributed by atoms with Crippen molar-refractivity contribution >= 4 is 29.4 Å². The van der Waals surface area contributed by atoms with E-state index < -0.39 is 66.3 Å². The summed E-state index contributed by atoms with van der Waals surface area (Å²) in [6.07, 6.45) is -21.4. The summed E-state index contributed by atoms with van der Waals surface area (Å²) < 4.78 is 123. The number of ether oxygens (including phenoxy) is 2. The maximum absolute atomic E-state index is 13.7. The van der Waals surface area contributed by atoms with Gasteiger partial charge in [0, 0.05) is 19.8 Å². The lowest BCUT2D eigenvalue weighted by molar-refractivity contribution is -0.430. The zero-order chi connectivity index (χ0) is 27.8. The predicted molar refractivity (Wildman–Crippen MR) is 97.0 cm³/mol. The molecule has 1 aliphatic rings. The van der Waals surface area contributed by atoms with Crippen molar-refractivity contribution in [1.82, 2.24) is 9.80 Å². The van der Waals surface area contributed by atoms with Crippen molar-refractivity contribution < 1.29 is 68.2 Å². The molecule has 0 saturated carbocycles. The average molecular weight is 539 g/mol. The van der Waals surface area contributed by atoms with Gasteiger partial charge in [0.25, 0.3) is 11.8 Å². The molecule has 1 saturated heterocycles. The van der Waals surface area contributed by atoms with Crippen LogP contribution < -0.4 is 10.1 Å². The first-order chi connectivity index (χ1) is 16.3. The van der Waals surface area contributed by atoms with Crippen molar-refractivity contribution in [2.75, 3.05) is 19.4 Å². The largest absolute Gasteiger partial charge is 0.456 e. The molecule has 1 aliphatic heterocycles. The number of nitrogens with zero attached hydrogens (tertiary/aromatic N) is 2. The van der Waals surface area contributed by atoms with E-state index in [4.69, 9.17) is 0 Å². The van der Waals surface area contributed by atoms with Crippen LogP contribution in [0.2, 0.25) is 0 Å². The lowest BCUT2D eigenvalue weighted by Crippen LogP contribution is -2.59. The molecule has 1 fully saturated rings. The van der Waals surface area contributed by atoms with Crippen LogP contribution in [0.1, 0.15) is 0 Å². The van der Waals surface area contributed by atoms with Crippen LogP contribution in [0.3, 0.4) is 0 Å². The number of amides is 5. The minimum atomic E-state index is -6.33. The van der Waals surface area contributed by atoms with Gasteiger partial charge >= 0.3 is 37.0 Å². The number of imide groups is 2. The third kappa shape index (κ3) is 5.47. The third-order valence-corrected chi connectivity index (χ3v) is 4.54. The van der Waals surface area contributed by atoms with Crippen molar-refractivity contribution in [3.05, 3.63) is 24.3 Å². The van der Waals surface area contributed by atoms with Gasteiger partial charge in [-0.05, 0) is 24.3 Å². The fraction of sp³-hybridized carbons (Fsp3) is 0.444. The Bertz CT molecular complexity index is 1010. The molecule has 1 unspecified atom stereocenters. The van der Waals surface area contributed by atoms with Gasteiger partial charge in [0.1, 0.15) is 5.75 Å². The second kappa shape index (κ2) is 9.82. The summed E-state index contributed by atoms with van der Waals surface area (Å²) in [6.45, 7) is 0. The number of urea groups is 1. The van der Waals surface area contributed by atoms with Crippen LogP contribution >= 0.6 is 0 Å². The van der Waals surface area contributed by atoms with Crippen molar-refractivity contribution in [1.29, 1.82) is 0 Å². The first kappa shape index (κ1) is 28.7. The highest BCUT2D eigenvalue weighted by Crippen LogP contribution is 2.42. The number of benzene rings is 1. The SMILES string of the molecule is CN1C(=O)C(C(=O)Nc2ccc(OC(F)(F)C(F)OC(F)(F)C(F)(F)C(F)F)cc2)C(=O)N(C)C1=O. The molecule has 1 atom stereocenters. The first-order valence-corrected chi connectivity index (χ1v) is 9.26. The smallest absolute Gasteiger partial charge is 0.429 e. The summed E-state index contributed by atoms with van der Waals surface area (Å²) in [5.41, 5.74) is -0.255. The Hall–Kier alpha value is -3.57. The summed E-state index contributed by atoms with van der Waals surface area (Å²) in [7, 11) is 2.01. The van der Waals surface area contributed by atoms with Crippen LogP contribution in [0.15, 0.2) is 24.3 Å². The Labute approximate surface area is 194 Å². The van der Waals surface area contributed by atoms with Crippen LogP contribution in [0.4, 0.5) is 50.0 Å². The zero-order valence-corrected chi connectivity index (χ0v) is 17.8. The summed E-state index contributed by atoms with van der Waals surface area (Å²) in [4.78, 5) is 49.2. The van der Waals surface area contributed by atoms with Gasteiger partial charge in [-0.15, -0.1) is 0 Å². The van der Waals surface area contributed by atoms with Gasteiger partial charge in [0.15, 0.2) is 5.92 Å². The number of nitrogens with one attached hydrogen (secondary N) is 1. The van der Waals surface area contributed by atoms with E-state index in [2.05, 4.69) is 14.8 Å². The lowest BCUT2D eigenvalue weighted by Gasteiger charge is -2.32. The fourth-order valence-corrected chi connectivity index (χ4v) is 2.56. The number of halogens is 9. The standard InChI is InChI=1S/C18H14F9N3O6/c1-29-11(32)9(12(33)30(2)15(29)34)10(31)28-7-3-5-8(6-4-7)35-17(24,25)14(21)36-18(26,27)16(22,23)13(19)20/h3-6,9,13-14H,1-2H3,(H,28,31). The highest BCUT2D eigenvalue weighted by molar-refractivity contribution is 6.27. The molecule has 0 aromatic heterocycles. The Morgan fingerprint density at radius 2 is 1.39 bits per heavy atom. The molecule has 1 heterocycles. The van der Waals surface area contributed by atoms with Crippen LogP contribution in [0.5, 0.6) is 5.75 Å². The predicted octanol–water partition coefficient (Wildman–Crippen LogP) is 3.07. The molecule has 1 aromatic rings. The van der Waals surface area contributed by atoms with Crippen LogP contribution in [-0.2, 0) is 19.1 Å². The molecule has 0 aliphatic carbocycles. The van der Waals surface area contributed by atoms with Gasteiger partial charge in [-0.1, -0.05) is 0 Å². The highest BCUT2D eigenvalue weighted by Gasteiger charge is 2.67. The Morgan fingerprint density at radius 1 is 0.917 bits per heavy atom. The third-order valence-electron chi connectivity index (χ3n) is 4.54. The average Bonchev–Trinajstić information content (AvgIpc) is 2.77. The molecule has 200 valence electrons. The molecule has 1 aromatic carbocycles. The molecule has 9 nitrogen and oxygen atoms in total. The van der Waals surface area contributed by atoms with Gasteiger partial charge in [0.05, 0.1) is 0 Å². The van der Waals surface area contributed by atoms with Crippen LogP contribution in [-0.4, -0.2) is 78.6 Å². The lowest BCUT2D eigenvalue weighted by atomic mass is 10.0. The van der Waals surface area contributed by atoms with E-state index in [0.717, 1.165) is 26.2 Å². The monoisotopic (exact) mass is 539 g/mol. The Kier molecular flexibility index (Phi) is 7.82. The zero-order valence-electron chi connectivity index (χ0n) is 17.8. The summed E-state index contributed by atoms with van der Waals surface area (Å²) in [5.74, 6) is -12.8. The molecule has 0 bridgehead atoms. The fourth-order valence-electron chi connectivity index (χ4n) is 2.56.